The van der Waals surface area contributed by atoms with Crippen LogP contribution in [0.15, 0.2) is 57.8 Å². The van der Waals surface area contributed by atoms with Crippen LogP contribution in [0.2, 0.25) is 0 Å². The van der Waals surface area contributed by atoms with Crippen molar-refractivity contribution in [3.63, 3.8) is 0 Å². The van der Waals surface area contributed by atoms with Gasteiger partial charge in [0, 0.05) is 31.7 Å². The van der Waals surface area contributed by atoms with Crippen molar-refractivity contribution in [2.24, 2.45) is 0 Å². The quantitative estimate of drug-likeness (QED) is 0.603. The first-order valence-electron chi connectivity index (χ1n) is 10.8. The molecule has 0 unspecified atom stereocenters. The highest BCUT2D eigenvalue weighted by Gasteiger charge is 2.27. The minimum Gasteiger partial charge on any atom is -0.412 e. The van der Waals surface area contributed by atoms with Gasteiger partial charge in [0.25, 0.3) is 0 Å². The van der Waals surface area contributed by atoms with Gasteiger partial charge in [-0.2, -0.15) is 4.31 Å². The zero-order valence-electron chi connectivity index (χ0n) is 17.6. The van der Waals surface area contributed by atoms with E-state index in [2.05, 4.69) is 16.3 Å². The summed E-state index contributed by atoms with van der Waals surface area (Å²) in [5.41, 5.74) is 2.94. The van der Waals surface area contributed by atoms with Gasteiger partial charge in [0.1, 0.15) is 0 Å². The molecule has 0 N–H and O–H groups in total. The summed E-state index contributed by atoms with van der Waals surface area (Å²) in [5.74, 6) is -0.181. The molecule has 2 aliphatic heterocycles. The van der Waals surface area contributed by atoms with Crippen molar-refractivity contribution < 1.29 is 17.6 Å². The molecule has 2 aromatic carbocycles. The fourth-order valence-electron chi connectivity index (χ4n) is 4.25. The minimum absolute atomic E-state index is 0.0654. The Labute approximate surface area is 186 Å². The van der Waals surface area contributed by atoms with Crippen LogP contribution in [-0.2, 0) is 23.0 Å². The van der Waals surface area contributed by atoms with Crippen molar-refractivity contribution in [2.45, 2.75) is 37.1 Å². The summed E-state index contributed by atoms with van der Waals surface area (Å²) in [5, 5.41) is 7.94. The number of nitrogens with zero attached hydrogens (tertiary/aromatic N) is 4. The predicted octanol–water partition coefficient (Wildman–Crippen LogP) is 3.11. The van der Waals surface area contributed by atoms with Crippen molar-refractivity contribution in [1.82, 2.24) is 19.4 Å². The van der Waals surface area contributed by atoms with Gasteiger partial charge >= 0.3 is 11.8 Å². The zero-order chi connectivity index (χ0) is 22.1. The lowest BCUT2D eigenvalue weighted by atomic mass is 10.00. The van der Waals surface area contributed by atoms with Crippen molar-refractivity contribution in [3.05, 3.63) is 65.5 Å². The molecular weight excluding hydrogens is 428 g/mol. The fourth-order valence-corrected chi connectivity index (χ4v) is 5.77. The van der Waals surface area contributed by atoms with Crippen LogP contribution in [0.25, 0.3) is 11.5 Å². The van der Waals surface area contributed by atoms with Gasteiger partial charge in [0.05, 0.1) is 4.90 Å². The van der Waals surface area contributed by atoms with E-state index in [4.69, 9.17) is 4.42 Å². The van der Waals surface area contributed by atoms with Gasteiger partial charge in [0.15, 0.2) is 0 Å². The third-order valence-electron chi connectivity index (χ3n) is 6.08. The molecule has 166 valence electrons. The molecule has 3 heterocycles. The maximum atomic E-state index is 12.9. The Balaban J connectivity index is 1.31. The number of rotatable bonds is 4. The largest absolute Gasteiger partial charge is 0.412 e. The van der Waals surface area contributed by atoms with Crippen LogP contribution in [0, 0.1) is 0 Å². The molecule has 5 rings (SSSR count). The number of piperidine rings is 1. The topological polar surface area (TPSA) is 96.6 Å². The van der Waals surface area contributed by atoms with Crippen molar-refractivity contribution in [2.75, 3.05) is 19.6 Å². The van der Waals surface area contributed by atoms with Crippen LogP contribution >= 0.6 is 0 Å². The van der Waals surface area contributed by atoms with Crippen LogP contribution in [0.1, 0.15) is 41.1 Å². The first kappa shape index (κ1) is 20.8. The van der Waals surface area contributed by atoms with E-state index in [0.29, 0.717) is 31.7 Å². The summed E-state index contributed by atoms with van der Waals surface area (Å²) < 4.78 is 32.8. The van der Waals surface area contributed by atoms with E-state index in [1.165, 1.54) is 9.87 Å². The number of hydrogen-bond donors (Lipinski definition) is 0. The second kappa shape index (κ2) is 8.48. The molecule has 2 aliphatic rings. The van der Waals surface area contributed by atoms with Gasteiger partial charge in [-0.3, -0.25) is 4.79 Å². The Bertz CT molecular complexity index is 1230. The Morgan fingerprint density at radius 1 is 0.875 bits per heavy atom. The molecule has 32 heavy (non-hydrogen) atoms. The van der Waals surface area contributed by atoms with Crippen LogP contribution in [0.5, 0.6) is 0 Å². The summed E-state index contributed by atoms with van der Waals surface area (Å²) in [7, 11) is -3.50. The molecule has 1 fully saturated rings. The molecule has 0 spiro atoms. The monoisotopic (exact) mass is 452 g/mol. The van der Waals surface area contributed by atoms with Gasteiger partial charge < -0.3 is 9.32 Å². The highest BCUT2D eigenvalue weighted by molar-refractivity contribution is 7.89. The van der Waals surface area contributed by atoms with E-state index in [1.54, 1.807) is 29.2 Å². The van der Waals surface area contributed by atoms with Gasteiger partial charge in [-0.05, 0) is 54.7 Å². The average Bonchev–Trinajstić information content (AvgIpc) is 3.34. The summed E-state index contributed by atoms with van der Waals surface area (Å²) >= 11 is 0. The molecule has 0 aliphatic carbocycles. The lowest BCUT2D eigenvalue weighted by molar-refractivity contribution is 0.0695. The number of hydrogen-bond acceptors (Lipinski definition) is 6. The molecule has 1 aromatic heterocycles. The molecule has 8 nitrogen and oxygen atoms in total. The summed E-state index contributed by atoms with van der Waals surface area (Å²) in [6.45, 7) is 2.22. The van der Waals surface area contributed by atoms with E-state index >= 15 is 0 Å². The molecule has 9 heteroatoms. The van der Waals surface area contributed by atoms with E-state index in [0.717, 1.165) is 31.2 Å². The number of carbonyl (C=O) groups excluding carboxylic acids is 1. The van der Waals surface area contributed by atoms with Gasteiger partial charge in [-0.1, -0.05) is 30.7 Å². The zero-order valence-corrected chi connectivity index (χ0v) is 18.4. The van der Waals surface area contributed by atoms with Gasteiger partial charge in [0.2, 0.25) is 15.9 Å². The predicted molar refractivity (Wildman–Crippen MR) is 117 cm³/mol. The Hall–Kier alpha value is -3.04. The standard InChI is InChI=1S/C23H24N4O4S/c28-23(26-15-12-17-6-2-3-7-19(17)16-26)22-25-24-21(31-22)18-8-10-20(11-9-18)32(29,30)27-13-4-1-5-14-27/h2-3,6-11H,1,4-5,12-16H2. The van der Waals surface area contributed by atoms with Crippen molar-refractivity contribution in [1.29, 1.82) is 0 Å². The number of amides is 1. The van der Waals surface area contributed by atoms with Gasteiger partial charge in [-0.25, -0.2) is 8.42 Å². The summed E-state index contributed by atoms with van der Waals surface area (Å²) in [6.07, 6.45) is 3.63. The van der Waals surface area contributed by atoms with E-state index in [1.807, 2.05) is 18.2 Å². The molecular formula is C23H24N4O4S. The van der Waals surface area contributed by atoms with E-state index in [-0.39, 0.29) is 22.6 Å². The number of carbonyl (C=O) groups is 1. The SMILES string of the molecule is O=C(c1nnc(-c2ccc(S(=O)(=O)N3CCCCC3)cc2)o1)N1CCc2ccccc2C1. The third kappa shape index (κ3) is 3.93. The van der Waals surface area contributed by atoms with Crippen LogP contribution in [0.3, 0.4) is 0 Å². The lowest BCUT2D eigenvalue weighted by Gasteiger charge is -2.27. The Morgan fingerprint density at radius 2 is 1.59 bits per heavy atom. The highest BCUT2D eigenvalue weighted by atomic mass is 32.2. The molecule has 0 saturated carbocycles. The second-order valence-electron chi connectivity index (χ2n) is 8.15. The average molecular weight is 453 g/mol. The van der Waals surface area contributed by atoms with Crippen LogP contribution in [0.4, 0.5) is 0 Å². The normalized spacial score (nSPS) is 17.2. The first-order valence-corrected chi connectivity index (χ1v) is 12.3. The smallest absolute Gasteiger partial charge is 0.311 e. The maximum Gasteiger partial charge on any atom is 0.311 e. The Kier molecular flexibility index (Phi) is 5.52. The molecule has 3 aromatic rings. The van der Waals surface area contributed by atoms with E-state index in [9.17, 15) is 13.2 Å². The fraction of sp³-hybridized carbons (Fsp3) is 0.348. The van der Waals surface area contributed by atoms with Crippen LogP contribution < -0.4 is 0 Å². The molecule has 1 amide bonds. The van der Waals surface area contributed by atoms with Gasteiger partial charge in [-0.15, -0.1) is 10.2 Å². The summed E-state index contributed by atoms with van der Waals surface area (Å²) in [4.78, 5) is 14.8. The molecule has 1 saturated heterocycles. The number of aromatic nitrogens is 2. The Morgan fingerprint density at radius 3 is 2.34 bits per heavy atom. The number of fused-ring (bicyclic) bond motifs is 1. The summed E-state index contributed by atoms with van der Waals surface area (Å²) in [6, 6.07) is 14.4. The van der Waals surface area contributed by atoms with Crippen molar-refractivity contribution >= 4 is 15.9 Å². The molecule has 0 bridgehead atoms. The first-order chi connectivity index (χ1) is 15.5. The molecule has 0 atom stereocenters. The maximum absolute atomic E-state index is 12.9. The minimum atomic E-state index is -3.50. The highest BCUT2D eigenvalue weighted by Crippen LogP contribution is 2.25. The third-order valence-corrected chi connectivity index (χ3v) is 7.99. The van der Waals surface area contributed by atoms with E-state index < -0.39 is 10.0 Å². The second-order valence-corrected chi connectivity index (χ2v) is 10.1. The number of benzene rings is 2. The van der Waals surface area contributed by atoms with Crippen molar-refractivity contribution in [3.8, 4) is 11.5 Å². The number of sulfonamides is 1. The van der Waals surface area contributed by atoms with Crippen LogP contribution in [-0.4, -0.2) is 53.4 Å². The molecule has 0 radical (unpaired) electrons. The lowest BCUT2D eigenvalue weighted by Crippen LogP contribution is -2.36.